The summed E-state index contributed by atoms with van der Waals surface area (Å²) in [6, 6.07) is 0. The lowest BCUT2D eigenvalue weighted by atomic mass is 10.5. The van der Waals surface area contributed by atoms with Crippen molar-refractivity contribution in [2.45, 2.75) is 39.0 Å². The summed E-state index contributed by atoms with van der Waals surface area (Å²) in [6.45, 7) is 9.44. The Hall–Kier alpha value is 0.660. The Morgan fingerprint density at radius 2 is 1.82 bits per heavy atom. The highest BCUT2D eigenvalue weighted by molar-refractivity contribution is 8.76. The van der Waals surface area contributed by atoms with E-state index in [1.54, 1.807) is 0 Å². The Kier molecular flexibility index (Phi) is 7.76. The third kappa shape index (κ3) is 10.7. The number of rotatable bonds is 6. The van der Waals surface area contributed by atoms with Crippen LogP contribution in [0.15, 0.2) is 0 Å². The minimum atomic E-state index is 0.375. The normalized spacial score (nSPS) is 11.5. The van der Waals surface area contributed by atoms with Gasteiger partial charge in [-0.2, -0.15) is 0 Å². The van der Waals surface area contributed by atoms with Crippen molar-refractivity contribution in [1.29, 1.82) is 0 Å². The molecule has 11 heavy (non-hydrogen) atoms. The number of hydrogen-bond donors (Lipinski definition) is 0. The van der Waals surface area contributed by atoms with Crippen molar-refractivity contribution < 1.29 is 4.74 Å². The first-order chi connectivity index (χ1) is 5.13. The van der Waals surface area contributed by atoms with Crippen LogP contribution in [0.25, 0.3) is 0 Å². The Morgan fingerprint density at radius 3 is 2.27 bits per heavy atom. The van der Waals surface area contributed by atoms with Crippen LogP contribution in [0, 0.1) is 0 Å². The summed E-state index contributed by atoms with van der Waals surface area (Å²) in [4.78, 5) is 0. The molecule has 0 saturated heterocycles. The standard InChI is InChI=1S/C8H18OS2/c1-7(2)9-5-6-10-11-8(3)4/h7-8H,5-6H2,1-4H3. The van der Waals surface area contributed by atoms with Gasteiger partial charge in [0.2, 0.25) is 0 Å². The molecule has 0 unspecified atom stereocenters. The molecular weight excluding hydrogens is 176 g/mol. The van der Waals surface area contributed by atoms with Gasteiger partial charge in [-0.15, -0.1) is 0 Å². The van der Waals surface area contributed by atoms with Crippen molar-refractivity contribution in [1.82, 2.24) is 0 Å². The van der Waals surface area contributed by atoms with Crippen molar-refractivity contribution in [3.05, 3.63) is 0 Å². The van der Waals surface area contributed by atoms with E-state index in [0.29, 0.717) is 6.10 Å². The summed E-state index contributed by atoms with van der Waals surface area (Å²) in [5.41, 5.74) is 0. The summed E-state index contributed by atoms with van der Waals surface area (Å²) < 4.78 is 5.39. The molecule has 0 amide bonds. The molecule has 0 rings (SSSR count). The zero-order valence-electron chi connectivity index (χ0n) is 7.79. The minimum absolute atomic E-state index is 0.375. The Morgan fingerprint density at radius 1 is 1.18 bits per heavy atom. The molecule has 3 heteroatoms. The van der Waals surface area contributed by atoms with Crippen LogP contribution in [-0.4, -0.2) is 23.7 Å². The summed E-state index contributed by atoms with van der Waals surface area (Å²) in [5, 5.41) is 0.721. The van der Waals surface area contributed by atoms with Gasteiger partial charge in [0, 0.05) is 11.0 Å². The van der Waals surface area contributed by atoms with E-state index in [9.17, 15) is 0 Å². The molecule has 0 aromatic rings. The second kappa shape index (κ2) is 7.32. The van der Waals surface area contributed by atoms with E-state index >= 15 is 0 Å². The van der Waals surface area contributed by atoms with Crippen LogP contribution in [0.1, 0.15) is 27.7 Å². The monoisotopic (exact) mass is 194 g/mol. The highest BCUT2D eigenvalue weighted by Gasteiger charge is 1.96. The van der Waals surface area contributed by atoms with Crippen molar-refractivity contribution in [3.8, 4) is 0 Å². The quantitative estimate of drug-likeness (QED) is 0.475. The Labute approximate surface area is 78.1 Å². The SMILES string of the molecule is CC(C)OCCSSC(C)C. The van der Waals surface area contributed by atoms with Crippen molar-refractivity contribution in [2.75, 3.05) is 12.4 Å². The molecule has 0 aromatic carbocycles. The first-order valence-electron chi connectivity index (χ1n) is 4.02. The van der Waals surface area contributed by atoms with Gasteiger partial charge in [0.05, 0.1) is 12.7 Å². The van der Waals surface area contributed by atoms with Gasteiger partial charge in [0.15, 0.2) is 0 Å². The van der Waals surface area contributed by atoms with Gasteiger partial charge < -0.3 is 4.74 Å². The Bertz CT molecular complexity index is 74.2. The minimum Gasteiger partial charge on any atom is -0.378 e. The molecule has 0 fully saturated rings. The van der Waals surface area contributed by atoms with E-state index < -0.39 is 0 Å². The van der Waals surface area contributed by atoms with Crippen LogP contribution in [0.5, 0.6) is 0 Å². The van der Waals surface area contributed by atoms with E-state index in [1.807, 2.05) is 21.6 Å². The largest absolute Gasteiger partial charge is 0.378 e. The van der Waals surface area contributed by atoms with Crippen LogP contribution in [0.2, 0.25) is 0 Å². The maximum atomic E-state index is 5.39. The van der Waals surface area contributed by atoms with Crippen molar-refractivity contribution in [2.24, 2.45) is 0 Å². The third-order valence-corrected chi connectivity index (χ3v) is 3.80. The topological polar surface area (TPSA) is 9.23 Å². The second-order valence-corrected chi connectivity index (χ2v) is 5.95. The highest BCUT2D eigenvalue weighted by Crippen LogP contribution is 2.25. The van der Waals surface area contributed by atoms with Crippen LogP contribution in [-0.2, 0) is 4.74 Å². The lowest BCUT2D eigenvalue weighted by Crippen LogP contribution is -2.05. The molecule has 0 N–H and O–H groups in total. The van der Waals surface area contributed by atoms with Gasteiger partial charge in [0.25, 0.3) is 0 Å². The molecule has 0 aliphatic rings. The maximum absolute atomic E-state index is 5.39. The van der Waals surface area contributed by atoms with Crippen LogP contribution < -0.4 is 0 Å². The Balaban J connectivity index is 2.91. The lowest BCUT2D eigenvalue weighted by molar-refractivity contribution is 0.0922. The number of ether oxygens (including phenoxy) is 1. The molecule has 0 bridgehead atoms. The summed E-state index contributed by atoms with van der Waals surface area (Å²) in [6.07, 6.45) is 0.375. The van der Waals surface area contributed by atoms with Gasteiger partial charge in [-0.3, -0.25) is 0 Å². The molecule has 0 aliphatic carbocycles. The number of hydrogen-bond acceptors (Lipinski definition) is 3. The van der Waals surface area contributed by atoms with Gasteiger partial charge in [-0.05, 0) is 13.8 Å². The molecule has 0 radical (unpaired) electrons. The van der Waals surface area contributed by atoms with Gasteiger partial charge in [-0.1, -0.05) is 35.4 Å². The van der Waals surface area contributed by atoms with E-state index in [2.05, 4.69) is 27.7 Å². The van der Waals surface area contributed by atoms with Crippen LogP contribution >= 0.6 is 21.6 Å². The van der Waals surface area contributed by atoms with E-state index in [0.717, 1.165) is 17.6 Å². The molecular formula is C8H18OS2. The fraction of sp³-hybridized carbons (Fsp3) is 1.00. The molecule has 0 spiro atoms. The predicted molar refractivity (Wildman–Crippen MR) is 56.3 cm³/mol. The van der Waals surface area contributed by atoms with E-state index in [4.69, 9.17) is 4.74 Å². The average molecular weight is 194 g/mol. The van der Waals surface area contributed by atoms with Gasteiger partial charge in [-0.25, -0.2) is 0 Å². The molecule has 0 aromatic heterocycles. The fourth-order valence-corrected chi connectivity index (χ4v) is 2.34. The summed E-state index contributed by atoms with van der Waals surface area (Å²) in [5.74, 6) is 1.10. The fourth-order valence-electron chi connectivity index (χ4n) is 0.502. The highest BCUT2D eigenvalue weighted by atomic mass is 33.1. The smallest absolute Gasteiger partial charge is 0.0568 e. The maximum Gasteiger partial charge on any atom is 0.0568 e. The first kappa shape index (κ1) is 11.7. The molecule has 0 saturated carbocycles. The van der Waals surface area contributed by atoms with Crippen LogP contribution in [0.3, 0.4) is 0 Å². The molecule has 0 atom stereocenters. The third-order valence-electron chi connectivity index (χ3n) is 0.878. The van der Waals surface area contributed by atoms with Gasteiger partial charge in [0.1, 0.15) is 0 Å². The zero-order valence-corrected chi connectivity index (χ0v) is 9.43. The first-order valence-corrected chi connectivity index (χ1v) is 6.41. The molecule has 1 nitrogen and oxygen atoms in total. The predicted octanol–water partition coefficient (Wildman–Crippen LogP) is 3.20. The summed E-state index contributed by atoms with van der Waals surface area (Å²) >= 11 is 0. The van der Waals surface area contributed by atoms with Crippen molar-refractivity contribution >= 4 is 21.6 Å². The van der Waals surface area contributed by atoms with E-state index in [1.165, 1.54) is 0 Å². The average Bonchev–Trinajstić information content (AvgIpc) is 1.85. The van der Waals surface area contributed by atoms with Crippen molar-refractivity contribution in [3.63, 3.8) is 0 Å². The zero-order chi connectivity index (χ0) is 8.69. The summed E-state index contributed by atoms with van der Waals surface area (Å²) in [7, 11) is 3.81. The molecule has 0 aliphatic heterocycles. The molecule has 68 valence electrons. The van der Waals surface area contributed by atoms with E-state index in [-0.39, 0.29) is 0 Å². The van der Waals surface area contributed by atoms with Crippen LogP contribution in [0.4, 0.5) is 0 Å². The molecule has 0 heterocycles. The van der Waals surface area contributed by atoms with Gasteiger partial charge >= 0.3 is 0 Å². The lowest BCUT2D eigenvalue weighted by Gasteiger charge is -2.07. The second-order valence-electron chi connectivity index (χ2n) is 2.89.